The van der Waals surface area contributed by atoms with Gasteiger partial charge in [-0.05, 0) is 29.5 Å². The van der Waals surface area contributed by atoms with E-state index in [4.69, 9.17) is 0 Å². The van der Waals surface area contributed by atoms with Crippen LogP contribution in [0.1, 0.15) is 16.1 Å². The van der Waals surface area contributed by atoms with Crippen LogP contribution in [0.3, 0.4) is 0 Å². The molecular formula is C18H16N2O3. The van der Waals surface area contributed by atoms with Crippen LogP contribution >= 0.6 is 0 Å². The molecule has 3 rings (SSSR count). The average molecular weight is 308 g/mol. The van der Waals surface area contributed by atoms with Crippen LogP contribution in [0.5, 0.6) is 11.5 Å². The molecule has 3 aromatic rings. The first-order valence-corrected chi connectivity index (χ1v) is 7.28. The number of aromatic hydroxyl groups is 2. The van der Waals surface area contributed by atoms with Crippen molar-refractivity contribution in [1.82, 2.24) is 10.3 Å². The third-order valence-corrected chi connectivity index (χ3v) is 3.64. The number of nitrogens with zero attached hydrogens (tertiary/aromatic N) is 1. The van der Waals surface area contributed by atoms with E-state index in [1.54, 1.807) is 12.1 Å². The summed E-state index contributed by atoms with van der Waals surface area (Å²) in [6, 6.07) is 14.5. The van der Waals surface area contributed by atoms with Crippen molar-refractivity contribution in [2.24, 2.45) is 0 Å². The van der Waals surface area contributed by atoms with Gasteiger partial charge in [0.1, 0.15) is 5.69 Å². The molecule has 0 saturated carbocycles. The molecule has 1 amide bonds. The first kappa shape index (κ1) is 14.8. The molecule has 0 aliphatic heterocycles. The highest BCUT2D eigenvalue weighted by Gasteiger charge is 2.16. The maximum Gasteiger partial charge on any atom is 0.270 e. The second-order valence-electron chi connectivity index (χ2n) is 5.18. The molecule has 1 aromatic heterocycles. The Labute approximate surface area is 133 Å². The van der Waals surface area contributed by atoms with E-state index in [1.165, 1.54) is 12.3 Å². The average Bonchev–Trinajstić information content (AvgIpc) is 2.58. The van der Waals surface area contributed by atoms with Gasteiger partial charge in [-0.25, -0.2) is 0 Å². The lowest BCUT2D eigenvalue weighted by Gasteiger charge is -2.09. The van der Waals surface area contributed by atoms with Crippen molar-refractivity contribution in [2.45, 2.75) is 6.42 Å². The second-order valence-corrected chi connectivity index (χ2v) is 5.18. The van der Waals surface area contributed by atoms with E-state index in [0.29, 0.717) is 18.4 Å². The molecule has 0 unspecified atom stereocenters. The third-order valence-electron chi connectivity index (χ3n) is 3.64. The fourth-order valence-electron chi connectivity index (χ4n) is 2.46. The van der Waals surface area contributed by atoms with Crippen LogP contribution in [0, 0.1) is 0 Å². The molecule has 0 aliphatic rings. The molecule has 2 aromatic carbocycles. The van der Waals surface area contributed by atoms with Crippen LogP contribution in [0.25, 0.3) is 10.8 Å². The predicted octanol–water partition coefficient (Wildman–Crippen LogP) is 2.62. The summed E-state index contributed by atoms with van der Waals surface area (Å²) < 4.78 is 0. The monoisotopic (exact) mass is 308 g/mol. The van der Waals surface area contributed by atoms with Crippen molar-refractivity contribution in [3.8, 4) is 11.5 Å². The van der Waals surface area contributed by atoms with E-state index in [2.05, 4.69) is 10.3 Å². The molecule has 0 radical (unpaired) electrons. The summed E-state index contributed by atoms with van der Waals surface area (Å²) in [5.41, 5.74) is 1.23. The Hall–Kier alpha value is -3.08. The molecule has 5 heteroatoms. The molecule has 0 spiro atoms. The van der Waals surface area contributed by atoms with Gasteiger partial charge in [0.2, 0.25) is 0 Å². The maximum atomic E-state index is 12.3. The Kier molecular flexibility index (Phi) is 4.10. The highest BCUT2D eigenvalue weighted by molar-refractivity contribution is 6.08. The molecule has 0 bridgehead atoms. The Morgan fingerprint density at radius 1 is 1.04 bits per heavy atom. The Morgan fingerprint density at radius 2 is 1.83 bits per heavy atom. The maximum absolute atomic E-state index is 12.3. The first-order valence-electron chi connectivity index (χ1n) is 7.28. The highest BCUT2D eigenvalue weighted by Crippen LogP contribution is 2.34. The molecule has 0 saturated heterocycles. The van der Waals surface area contributed by atoms with E-state index >= 15 is 0 Å². The summed E-state index contributed by atoms with van der Waals surface area (Å²) in [6.45, 7) is 0.459. The van der Waals surface area contributed by atoms with Gasteiger partial charge in [0, 0.05) is 12.7 Å². The quantitative estimate of drug-likeness (QED) is 0.647. The number of nitrogens with one attached hydrogen (secondary N) is 1. The van der Waals surface area contributed by atoms with Gasteiger partial charge in [-0.15, -0.1) is 0 Å². The van der Waals surface area contributed by atoms with E-state index < -0.39 is 0 Å². The Bertz CT molecular complexity index is 848. The molecule has 0 aliphatic carbocycles. The van der Waals surface area contributed by atoms with Gasteiger partial charge in [0.15, 0.2) is 11.5 Å². The minimum atomic E-state index is -0.382. The topological polar surface area (TPSA) is 82.5 Å². The molecule has 0 fully saturated rings. The molecular weight excluding hydrogens is 292 g/mol. The Morgan fingerprint density at radius 3 is 2.61 bits per heavy atom. The van der Waals surface area contributed by atoms with Gasteiger partial charge in [0.25, 0.3) is 5.91 Å². The minimum Gasteiger partial charge on any atom is -0.504 e. The van der Waals surface area contributed by atoms with Crippen molar-refractivity contribution in [3.63, 3.8) is 0 Å². The highest BCUT2D eigenvalue weighted by atomic mass is 16.3. The number of hydrogen-bond donors (Lipinski definition) is 3. The van der Waals surface area contributed by atoms with Crippen molar-refractivity contribution >= 4 is 16.7 Å². The van der Waals surface area contributed by atoms with Gasteiger partial charge < -0.3 is 15.5 Å². The van der Waals surface area contributed by atoms with E-state index in [9.17, 15) is 15.0 Å². The summed E-state index contributed by atoms with van der Waals surface area (Å²) in [4.78, 5) is 16.4. The van der Waals surface area contributed by atoms with Gasteiger partial charge >= 0.3 is 0 Å². The van der Waals surface area contributed by atoms with Crippen molar-refractivity contribution in [3.05, 3.63) is 66.0 Å². The second kappa shape index (κ2) is 6.36. The molecule has 3 N–H and O–H groups in total. The van der Waals surface area contributed by atoms with Gasteiger partial charge in [-0.2, -0.15) is 0 Å². The zero-order valence-electron chi connectivity index (χ0n) is 12.4. The number of carbonyl (C=O) groups is 1. The zero-order valence-corrected chi connectivity index (χ0v) is 12.4. The van der Waals surface area contributed by atoms with Gasteiger partial charge in [-0.1, -0.05) is 36.4 Å². The van der Waals surface area contributed by atoms with E-state index in [0.717, 1.165) is 5.56 Å². The predicted molar refractivity (Wildman–Crippen MR) is 87.6 cm³/mol. The summed E-state index contributed by atoms with van der Waals surface area (Å²) in [5.74, 6) is -0.986. The van der Waals surface area contributed by atoms with E-state index in [1.807, 2.05) is 30.3 Å². The van der Waals surface area contributed by atoms with Crippen LogP contribution in [0.4, 0.5) is 0 Å². The Balaban J connectivity index is 1.80. The third kappa shape index (κ3) is 3.08. The van der Waals surface area contributed by atoms with Crippen LogP contribution in [-0.4, -0.2) is 27.6 Å². The lowest BCUT2D eigenvalue weighted by atomic mass is 10.1. The van der Waals surface area contributed by atoms with Gasteiger partial charge in [-0.3, -0.25) is 9.78 Å². The van der Waals surface area contributed by atoms with Crippen molar-refractivity contribution in [2.75, 3.05) is 6.54 Å². The largest absolute Gasteiger partial charge is 0.504 e. The smallest absolute Gasteiger partial charge is 0.270 e. The van der Waals surface area contributed by atoms with Crippen LogP contribution < -0.4 is 5.32 Å². The lowest BCUT2D eigenvalue weighted by Crippen LogP contribution is -2.26. The number of benzene rings is 2. The number of rotatable bonds is 4. The van der Waals surface area contributed by atoms with Crippen molar-refractivity contribution < 1.29 is 15.0 Å². The number of carbonyl (C=O) groups excluding carboxylic acids is 1. The fourth-order valence-corrected chi connectivity index (χ4v) is 2.46. The number of phenols is 2. The molecule has 0 atom stereocenters. The number of hydrogen-bond acceptors (Lipinski definition) is 4. The van der Waals surface area contributed by atoms with Crippen LogP contribution in [0.2, 0.25) is 0 Å². The van der Waals surface area contributed by atoms with Crippen LogP contribution in [0.15, 0.2) is 54.7 Å². The van der Waals surface area contributed by atoms with Crippen molar-refractivity contribution in [1.29, 1.82) is 0 Å². The van der Waals surface area contributed by atoms with E-state index in [-0.39, 0.29) is 28.5 Å². The summed E-state index contributed by atoms with van der Waals surface area (Å²) in [5, 5.41) is 23.3. The minimum absolute atomic E-state index is 0.101. The number of phenolic OH excluding ortho intramolecular Hbond substituents is 2. The fraction of sp³-hybridized carbons (Fsp3) is 0.111. The SMILES string of the molecule is O=C(NCCc1ccccc1)c1nccc2ccc(O)c(O)c12. The molecule has 23 heavy (non-hydrogen) atoms. The summed E-state index contributed by atoms with van der Waals surface area (Å²) in [7, 11) is 0. The first-order chi connectivity index (χ1) is 11.2. The summed E-state index contributed by atoms with van der Waals surface area (Å²) in [6.07, 6.45) is 2.21. The number of aromatic nitrogens is 1. The lowest BCUT2D eigenvalue weighted by molar-refractivity contribution is 0.0951. The van der Waals surface area contributed by atoms with Gasteiger partial charge in [0.05, 0.1) is 5.39 Å². The number of fused-ring (bicyclic) bond motifs is 1. The molecule has 5 nitrogen and oxygen atoms in total. The summed E-state index contributed by atoms with van der Waals surface area (Å²) >= 11 is 0. The number of pyridine rings is 1. The normalized spacial score (nSPS) is 10.6. The molecule has 1 heterocycles. The molecule has 116 valence electrons. The van der Waals surface area contributed by atoms with Crippen LogP contribution in [-0.2, 0) is 6.42 Å². The number of amides is 1. The standard InChI is InChI=1S/C18H16N2O3/c21-14-7-6-13-9-11-19-16(15(13)17(14)22)18(23)20-10-8-12-4-2-1-3-5-12/h1-7,9,11,21-22H,8,10H2,(H,20,23). The zero-order chi connectivity index (χ0) is 16.2.